The van der Waals surface area contributed by atoms with Crippen LogP contribution in [0.5, 0.6) is 0 Å². The molecule has 0 aliphatic carbocycles. The minimum atomic E-state index is -1.54. The van der Waals surface area contributed by atoms with Crippen molar-refractivity contribution in [3.63, 3.8) is 0 Å². The molecule has 0 aromatic carbocycles. The van der Waals surface area contributed by atoms with Gasteiger partial charge in [0.2, 0.25) is 0 Å². The number of aliphatic hydroxyl groups excluding tert-OH is 2. The Labute approximate surface area is 115 Å². The van der Waals surface area contributed by atoms with Crippen LogP contribution in [0.4, 0.5) is 0 Å². The van der Waals surface area contributed by atoms with Gasteiger partial charge in [-0.1, -0.05) is 0 Å². The van der Waals surface area contributed by atoms with E-state index in [0.717, 1.165) is 16.8 Å². The summed E-state index contributed by atoms with van der Waals surface area (Å²) >= 11 is -1.54. The SMILES string of the molecule is CS(=O)OC[C@H]1O[C@@H](n2ccc(=O)[nH]c2=O)[C@H](O)[C@@H]1O. The summed E-state index contributed by atoms with van der Waals surface area (Å²) in [5.74, 6) is 0. The third kappa shape index (κ3) is 3.04. The van der Waals surface area contributed by atoms with Gasteiger partial charge in [-0.2, -0.15) is 0 Å². The molecule has 0 radical (unpaired) electrons. The van der Waals surface area contributed by atoms with E-state index < -0.39 is 46.9 Å². The van der Waals surface area contributed by atoms with Crippen molar-refractivity contribution in [3.8, 4) is 0 Å². The Morgan fingerprint density at radius 3 is 2.75 bits per heavy atom. The van der Waals surface area contributed by atoms with Crippen LogP contribution in [0.3, 0.4) is 0 Å². The van der Waals surface area contributed by atoms with Gasteiger partial charge in [0.25, 0.3) is 5.56 Å². The summed E-state index contributed by atoms with van der Waals surface area (Å²) in [6.45, 7) is -0.198. The summed E-state index contributed by atoms with van der Waals surface area (Å²) in [6, 6.07) is 1.09. The Balaban J connectivity index is 2.19. The summed E-state index contributed by atoms with van der Waals surface area (Å²) in [4.78, 5) is 24.6. The van der Waals surface area contributed by atoms with Crippen molar-refractivity contribution in [2.45, 2.75) is 24.5 Å². The lowest BCUT2D eigenvalue weighted by Gasteiger charge is -2.16. The second-order valence-electron chi connectivity index (χ2n) is 4.25. The summed E-state index contributed by atoms with van der Waals surface area (Å²) in [5, 5.41) is 19.7. The smallest absolute Gasteiger partial charge is 0.330 e. The van der Waals surface area contributed by atoms with Crippen LogP contribution in [0.1, 0.15) is 6.23 Å². The summed E-state index contributed by atoms with van der Waals surface area (Å²) < 4.78 is 21.9. The van der Waals surface area contributed by atoms with Gasteiger partial charge in [0.1, 0.15) is 18.3 Å². The fraction of sp³-hybridized carbons (Fsp3) is 0.600. The van der Waals surface area contributed by atoms with E-state index in [0.29, 0.717) is 0 Å². The number of aromatic amines is 1. The van der Waals surface area contributed by atoms with E-state index >= 15 is 0 Å². The molecule has 9 nitrogen and oxygen atoms in total. The molecule has 3 N–H and O–H groups in total. The zero-order chi connectivity index (χ0) is 14.9. The number of aliphatic hydroxyl groups is 2. The average Bonchev–Trinajstić information content (AvgIpc) is 2.64. The quantitative estimate of drug-likeness (QED) is 0.559. The molecule has 1 aliphatic rings. The van der Waals surface area contributed by atoms with Gasteiger partial charge in [-0.3, -0.25) is 18.5 Å². The van der Waals surface area contributed by atoms with E-state index in [4.69, 9.17) is 8.92 Å². The Morgan fingerprint density at radius 2 is 2.15 bits per heavy atom. The van der Waals surface area contributed by atoms with Crippen LogP contribution in [-0.2, 0) is 20.0 Å². The number of hydrogen-bond donors (Lipinski definition) is 3. The zero-order valence-corrected chi connectivity index (χ0v) is 11.3. The predicted molar refractivity (Wildman–Crippen MR) is 67.3 cm³/mol. The van der Waals surface area contributed by atoms with Gasteiger partial charge in [-0.15, -0.1) is 0 Å². The van der Waals surface area contributed by atoms with E-state index in [9.17, 15) is 24.0 Å². The van der Waals surface area contributed by atoms with Crippen LogP contribution in [0.25, 0.3) is 0 Å². The van der Waals surface area contributed by atoms with E-state index in [1.807, 2.05) is 4.98 Å². The van der Waals surface area contributed by atoms with Gasteiger partial charge >= 0.3 is 5.69 Å². The molecule has 0 saturated carbocycles. The van der Waals surface area contributed by atoms with E-state index in [1.165, 1.54) is 6.26 Å². The molecule has 20 heavy (non-hydrogen) atoms. The van der Waals surface area contributed by atoms with Crippen LogP contribution in [0.15, 0.2) is 21.9 Å². The van der Waals surface area contributed by atoms with Gasteiger partial charge < -0.3 is 14.9 Å². The van der Waals surface area contributed by atoms with Crippen molar-refractivity contribution in [2.75, 3.05) is 12.9 Å². The number of nitrogens with one attached hydrogen (secondary N) is 1. The lowest BCUT2D eigenvalue weighted by molar-refractivity contribution is -0.0502. The molecular formula is C10H14N2O7S. The molecule has 2 rings (SSSR count). The van der Waals surface area contributed by atoms with E-state index in [1.54, 1.807) is 0 Å². The highest BCUT2D eigenvalue weighted by Crippen LogP contribution is 2.28. The molecule has 0 spiro atoms. The van der Waals surface area contributed by atoms with Crippen LogP contribution < -0.4 is 11.2 Å². The lowest BCUT2D eigenvalue weighted by Crippen LogP contribution is -2.37. The summed E-state index contributed by atoms with van der Waals surface area (Å²) in [5.41, 5.74) is -1.35. The van der Waals surface area contributed by atoms with Crippen molar-refractivity contribution >= 4 is 11.1 Å². The molecule has 1 fully saturated rings. The molecule has 5 atom stereocenters. The second-order valence-corrected chi connectivity index (χ2v) is 5.29. The maximum Gasteiger partial charge on any atom is 0.330 e. The zero-order valence-electron chi connectivity index (χ0n) is 10.5. The highest BCUT2D eigenvalue weighted by Gasteiger charge is 2.44. The molecule has 1 unspecified atom stereocenters. The second kappa shape index (κ2) is 5.97. The first kappa shape index (κ1) is 15.1. The first-order valence-corrected chi connectivity index (χ1v) is 7.18. The van der Waals surface area contributed by atoms with Crippen LogP contribution >= 0.6 is 0 Å². The van der Waals surface area contributed by atoms with E-state index in [-0.39, 0.29) is 6.61 Å². The molecule has 112 valence electrons. The highest BCUT2D eigenvalue weighted by molar-refractivity contribution is 7.79. The maximum atomic E-state index is 11.6. The fourth-order valence-corrected chi connectivity index (χ4v) is 2.21. The molecule has 1 aromatic heterocycles. The Bertz CT molecular complexity index is 612. The normalized spacial score (nSPS) is 31.4. The molecule has 10 heteroatoms. The first-order chi connectivity index (χ1) is 9.40. The van der Waals surface area contributed by atoms with Gasteiger partial charge in [0.15, 0.2) is 17.3 Å². The molecule has 1 aliphatic heterocycles. The van der Waals surface area contributed by atoms with Crippen molar-refractivity contribution < 1.29 is 23.3 Å². The monoisotopic (exact) mass is 306 g/mol. The number of aromatic nitrogens is 2. The number of H-pyrrole nitrogens is 1. The predicted octanol–water partition coefficient (Wildman–Crippen LogP) is -2.53. The Hall–Kier alpha value is -1.33. The third-order valence-electron chi connectivity index (χ3n) is 2.86. The van der Waals surface area contributed by atoms with Crippen molar-refractivity contribution in [1.82, 2.24) is 9.55 Å². The molecule has 2 heterocycles. The topological polar surface area (TPSA) is 131 Å². The van der Waals surface area contributed by atoms with Crippen LogP contribution in [0, 0.1) is 0 Å². The third-order valence-corrected chi connectivity index (χ3v) is 3.33. The van der Waals surface area contributed by atoms with Crippen molar-refractivity contribution in [2.24, 2.45) is 0 Å². The van der Waals surface area contributed by atoms with Gasteiger partial charge in [0.05, 0.1) is 6.61 Å². The van der Waals surface area contributed by atoms with Gasteiger partial charge in [0, 0.05) is 18.5 Å². The Kier molecular flexibility index (Phi) is 4.50. The van der Waals surface area contributed by atoms with Gasteiger partial charge in [-0.05, 0) is 0 Å². The molecule has 0 amide bonds. The maximum absolute atomic E-state index is 11.6. The molecule has 1 aromatic rings. The van der Waals surface area contributed by atoms with E-state index in [2.05, 4.69) is 0 Å². The minimum Gasteiger partial charge on any atom is -0.387 e. The average molecular weight is 306 g/mol. The summed E-state index contributed by atoms with van der Waals surface area (Å²) in [6.07, 6.45) is -2.31. The van der Waals surface area contributed by atoms with Crippen LogP contribution in [-0.4, -0.2) is 55.1 Å². The molecule has 1 saturated heterocycles. The number of nitrogens with zero attached hydrogens (tertiary/aromatic N) is 1. The number of rotatable bonds is 4. The lowest BCUT2D eigenvalue weighted by atomic mass is 10.1. The largest absolute Gasteiger partial charge is 0.387 e. The minimum absolute atomic E-state index is 0.198. The van der Waals surface area contributed by atoms with Crippen molar-refractivity contribution in [3.05, 3.63) is 33.1 Å². The Morgan fingerprint density at radius 1 is 1.45 bits per heavy atom. The molecular weight excluding hydrogens is 292 g/mol. The highest BCUT2D eigenvalue weighted by atomic mass is 32.2. The number of hydrogen-bond acceptors (Lipinski definition) is 7. The fourth-order valence-electron chi connectivity index (χ4n) is 1.89. The van der Waals surface area contributed by atoms with Crippen molar-refractivity contribution in [1.29, 1.82) is 0 Å². The first-order valence-electron chi connectivity index (χ1n) is 5.70. The molecule has 0 bridgehead atoms. The van der Waals surface area contributed by atoms with Gasteiger partial charge in [-0.25, -0.2) is 9.00 Å². The standard InChI is InChI=1S/C10H14N2O7S/c1-20(17)18-4-5-7(14)8(15)9(19-5)12-3-2-6(13)11-10(12)16/h2-3,5,7-9,14-15H,4H2,1H3,(H,11,13,16)/t5-,7-,8-,9-,20?/m1/s1. The van der Waals surface area contributed by atoms with Crippen LogP contribution in [0.2, 0.25) is 0 Å². The number of ether oxygens (including phenoxy) is 1. The summed E-state index contributed by atoms with van der Waals surface area (Å²) in [7, 11) is 0.